The van der Waals surface area contributed by atoms with Crippen molar-refractivity contribution < 1.29 is 9.00 Å². The molecule has 64 valence electrons. The molecule has 0 heterocycles. The summed E-state index contributed by atoms with van der Waals surface area (Å²) >= 11 is 3.81. The number of hydrogen-bond donors (Lipinski definition) is 2. The summed E-state index contributed by atoms with van der Waals surface area (Å²) in [5.74, 6) is 0.391. The van der Waals surface area contributed by atoms with E-state index in [1.807, 2.05) is 0 Å². The van der Waals surface area contributed by atoms with Gasteiger partial charge in [-0.2, -0.15) is 12.6 Å². The fourth-order valence-electron chi connectivity index (χ4n) is 0.433. The minimum atomic E-state index is -1.53. The highest BCUT2D eigenvalue weighted by atomic mass is 32.2. The van der Waals surface area contributed by atoms with E-state index in [0.717, 1.165) is 0 Å². The monoisotopic (exact) mass is 193 g/mol. The molecule has 0 aliphatic heterocycles. The molecule has 0 aliphatic rings. The van der Waals surface area contributed by atoms with Gasteiger partial charge in [0.1, 0.15) is 0 Å². The van der Waals surface area contributed by atoms with Crippen LogP contribution in [0.1, 0.15) is 0 Å². The molecular formula is C6H11NO2S2. The summed E-state index contributed by atoms with van der Waals surface area (Å²) in [7, 11) is -1.53. The predicted molar refractivity (Wildman–Crippen MR) is 50.0 cm³/mol. The number of rotatable bonds is 4. The SMILES string of the molecule is C=CC[S@](=O)C(=O)[C@@H](N)CS. The standard InChI is InChI=1S/C6H11NO2S2/c1-2-3-11(9)6(8)5(7)4-10/h2,5,10H,1,3-4,7H2/t5-,11-/m0/s1. The van der Waals surface area contributed by atoms with Gasteiger partial charge in [0.05, 0.1) is 16.8 Å². The molecule has 3 nitrogen and oxygen atoms in total. The van der Waals surface area contributed by atoms with Crippen molar-refractivity contribution >= 4 is 28.5 Å². The third-order valence-corrected chi connectivity index (χ3v) is 2.68. The van der Waals surface area contributed by atoms with Crippen LogP contribution in [0.5, 0.6) is 0 Å². The van der Waals surface area contributed by atoms with Crippen LogP contribution in [0.3, 0.4) is 0 Å². The van der Waals surface area contributed by atoms with Crippen LogP contribution in [-0.2, 0) is 15.6 Å². The Labute approximate surface area is 73.9 Å². The lowest BCUT2D eigenvalue weighted by Gasteiger charge is -2.03. The van der Waals surface area contributed by atoms with Gasteiger partial charge in [0.15, 0.2) is 0 Å². The Morgan fingerprint density at radius 2 is 2.36 bits per heavy atom. The smallest absolute Gasteiger partial charge is 0.236 e. The zero-order valence-corrected chi connectivity index (χ0v) is 7.74. The van der Waals surface area contributed by atoms with Gasteiger partial charge >= 0.3 is 0 Å². The third-order valence-electron chi connectivity index (χ3n) is 0.993. The summed E-state index contributed by atoms with van der Waals surface area (Å²) in [6.45, 7) is 3.36. The summed E-state index contributed by atoms with van der Waals surface area (Å²) in [5.41, 5.74) is 5.29. The second-order valence-corrected chi connectivity index (χ2v) is 3.70. The Bertz CT molecular complexity index is 181. The van der Waals surface area contributed by atoms with E-state index in [9.17, 15) is 9.00 Å². The van der Waals surface area contributed by atoms with Gasteiger partial charge in [-0.1, -0.05) is 6.08 Å². The van der Waals surface area contributed by atoms with Crippen molar-refractivity contribution in [3.63, 3.8) is 0 Å². The highest BCUT2D eigenvalue weighted by Gasteiger charge is 2.17. The van der Waals surface area contributed by atoms with E-state index in [0.29, 0.717) is 0 Å². The number of hydrogen-bond acceptors (Lipinski definition) is 4. The van der Waals surface area contributed by atoms with Crippen molar-refractivity contribution in [3.05, 3.63) is 12.7 Å². The molecule has 0 fully saturated rings. The first-order chi connectivity index (χ1) is 5.13. The van der Waals surface area contributed by atoms with Gasteiger partial charge in [-0.3, -0.25) is 9.00 Å². The maximum atomic E-state index is 10.9. The third kappa shape index (κ3) is 3.69. The average Bonchev–Trinajstić information content (AvgIpc) is 2.02. The van der Waals surface area contributed by atoms with E-state index in [4.69, 9.17) is 5.73 Å². The van der Waals surface area contributed by atoms with Crippen molar-refractivity contribution in [3.8, 4) is 0 Å². The van der Waals surface area contributed by atoms with Crippen LogP contribution in [0, 0.1) is 0 Å². The average molecular weight is 193 g/mol. The van der Waals surface area contributed by atoms with Crippen LogP contribution in [-0.4, -0.2) is 26.9 Å². The summed E-state index contributed by atoms with van der Waals surface area (Å²) in [6.07, 6.45) is 1.43. The molecule has 0 rings (SSSR count). The fraction of sp³-hybridized carbons (Fsp3) is 0.500. The number of carbonyl (C=O) groups excluding carboxylic acids is 1. The second kappa shape index (κ2) is 5.51. The van der Waals surface area contributed by atoms with Crippen molar-refractivity contribution in [2.24, 2.45) is 5.73 Å². The van der Waals surface area contributed by atoms with Crippen molar-refractivity contribution in [2.75, 3.05) is 11.5 Å². The van der Waals surface area contributed by atoms with Crippen LogP contribution in [0.2, 0.25) is 0 Å². The maximum absolute atomic E-state index is 10.9. The first-order valence-electron chi connectivity index (χ1n) is 3.03. The summed E-state index contributed by atoms with van der Waals surface area (Å²) < 4.78 is 10.9. The van der Waals surface area contributed by atoms with E-state index in [1.54, 1.807) is 0 Å². The molecular weight excluding hydrogens is 182 g/mol. The van der Waals surface area contributed by atoms with E-state index in [2.05, 4.69) is 19.2 Å². The van der Waals surface area contributed by atoms with Gasteiger partial charge in [0.25, 0.3) is 0 Å². The Morgan fingerprint density at radius 1 is 1.82 bits per heavy atom. The molecule has 0 bridgehead atoms. The van der Waals surface area contributed by atoms with Gasteiger partial charge in [-0.25, -0.2) is 0 Å². The quantitative estimate of drug-likeness (QED) is 0.476. The largest absolute Gasteiger partial charge is 0.320 e. The first-order valence-corrected chi connectivity index (χ1v) is 4.98. The topological polar surface area (TPSA) is 60.2 Å². The highest BCUT2D eigenvalue weighted by Crippen LogP contribution is 1.93. The van der Waals surface area contributed by atoms with E-state index in [1.165, 1.54) is 6.08 Å². The lowest BCUT2D eigenvalue weighted by Crippen LogP contribution is -2.35. The Hall–Kier alpha value is -0.130. The number of nitrogens with two attached hydrogens (primary N) is 1. The Morgan fingerprint density at radius 3 is 2.73 bits per heavy atom. The van der Waals surface area contributed by atoms with Gasteiger partial charge in [-0.15, -0.1) is 6.58 Å². The maximum Gasteiger partial charge on any atom is 0.236 e. The van der Waals surface area contributed by atoms with Crippen LogP contribution in [0.15, 0.2) is 12.7 Å². The number of carbonyl (C=O) groups is 1. The van der Waals surface area contributed by atoms with Crippen molar-refractivity contribution in [1.82, 2.24) is 0 Å². The molecule has 0 amide bonds. The summed E-state index contributed by atoms with van der Waals surface area (Å²) in [6, 6.07) is -0.723. The molecule has 0 spiro atoms. The molecule has 0 aromatic rings. The zero-order valence-electron chi connectivity index (χ0n) is 6.03. The summed E-state index contributed by atoms with van der Waals surface area (Å²) in [5, 5.41) is -0.458. The molecule has 0 unspecified atom stereocenters. The van der Waals surface area contributed by atoms with E-state index >= 15 is 0 Å². The van der Waals surface area contributed by atoms with Crippen LogP contribution in [0.25, 0.3) is 0 Å². The lowest BCUT2D eigenvalue weighted by atomic mass is 10.4. The Kier molecular flexibility index (Phi) is 5.45. The molecule has 5 heteroatoms. The fourth-order valence-corrected chi connectivity index (χ4v) is 1.52. The highest BCUT2D eigenvalue weighted by molar-refractivity contribution is 8.00. The second-order valence-electron chi connectivity index (χ2n) is 1.91. The molecule has 2 atom stereocenters. The van der Waals surface area contributed by atoms with Crippen molar-refractivity contribution in [1.29, 1.82) is 0 Å². The lowest BCUT2D eigenvalue weighted by molar-refractivity contribution is -0.112. The minimum Gasteiger partial charge on any atom is -0.320 e. The Balaban J connectivity index is 4.02. The van der Waals surface area contributed by atoms with Crippen LogP contribution < -0.4 is 5.73 Å². The predicted octanol–water partition coefficient (Wildman–Crippen LogP) is -0.295. The van der Waals surface area contributed by atoms with Gasteiger partial charge in [0, 0.05) is 11.5 Å². The molecule has 0 aromatic heterocycles. The van der Waals surface area contributed by atoms with E-state index < -0.39 is 22.0 Å². The molecule has 0 radical (unpaired) electrons. The van der Waals surface area contributed by atoms with Crippen LogP contribution >= 0.6 is 12.6 Å². The number of thiol groups is 1. The molecule has 0 aliphatic carbocycles. The zero-order chi connectivity index (χ0) is 8.85. The molecule has 0 aromatic carbocycles. The van der Waals surface area contributed by atoms with Gasteiger partial charge in [0.2, 0.25) is 5.12 Å². The summed E-state index contributed by atoms with van der Waals surface area (Å²) in [4.78, 5) is 10.9. The molecule has 11 heavy (non-hydrogen) atoms. The van der Waals surface area contributed by atoms with Gasteiger partial charge < -0.3 is 5.73 Å². The molecule has 2 N–H and O–H groups in total. The van der Waals surface area contributed by atoms with Crippen LogP contribution in [0.4, 0.5) is 0 Å². The van der Waals surface area contributed by atoms with Crippen molar-refractivity contribution in [2.45, 2.75) is 6.04 Å². The minimum absolute atomic E-state index is 0.167. The van der Waals surface area contributed by atoms with Gasteiger partial charge in [-0.05, 0) is 0 Å². The normalized spacial score (nSPS) is 15.5. The molecule has 0 saturated heterocycles. The van der Waals surface area contributed by atoms with E-state index in [-0.39, 0.29) is 11.5 Å². The molecule has 0 saturated carbocycles. The first kappa shape index (κ1) is 10.9.